The van der Waals surface area contributed by atoms with Crippen molar-refractivity contribution in [1.82, 2.24) is 14.8 Å². The van der Waals surface area contributed by atoms with Crippen molar-refractivity contribution in [3.63, 3.8) is 0 Å². The Morgan fingerprint density at radius 3 is 2.62 bits per heavy atom. The van der Waals surface area contributed by atoms with Crippen LogP contribution in [0.15, 0.2) is 58.4 Å². The van der Waals surface area contributed by atoms with E-state index >= 15 is 0 Å². The first kappa shape index (κ1) is 24.2. The number of anilines is 1. The van der Waals surface area contributed by atoms with E-state index < -0.39 is 5.97 Å². The van der Waals surface area contributed by atoms with Gasteiger partial charge in [-0.15, -0.1) is 32.9 Å². The van der Waals surface area contributed by atoms with Gasteiger partial charge in [-0.25, -0.2) is 4.79 Å². The van der Waals surface area contributed by atoms with E-state index in [1.165, 1.54) is 23.1 Å². The fourth-order valence-corrected chi connectivity index (χ4v) is 5.84. The van der Waals surface area contributed by atoms with E-state index in [4.69, 9.17) is 4.74 Å². The first-order valence-electron chi connectivity index (χ1n) is 10.9. The molecule has 3 aromatic heterocycles. The van der Waals surface area contributed by atoms with Crippen LogP contribution < -0.4 is 5.32 Å². The van der Waals surface area contributed by atoms with Crippen molar-refractivity contribution < 1.29 is 14.3 Å². The van der Waals surface area contributed by atoms with E-state index in [0.717, 1.165) is 34.8 Å². The summed E-state index contributed by atoms with van der Waals surface area (Å²) in [7, 11) is 0. The second kappa shape index (κ2) is 11.5. The number of hydrogen-bond acceptors (Lipinski definition) is 8. The molecule has 4 rings (SSSR count). The van der Waals surface area contributed by atoms with Gasteiger partial charge in [-0.1, -0.05) is 55.1 Å². The number of carbonyl (C=O) groups is 2. The van der Waals surface area contributed by atoms with Crippen molar-refractivity contribution in [2.75, 3.05) is 17.7 Å². The molecule has 4 aromatic rings. The summed E-state index contributed by atoms with van der Waals surface area (Å²) in [6.07, 6.45) is 0.927. The molecule has 0 aliphatic carbocycles. The van der Waals surface area contributed by atoms with E-state index in [0.29, 0.717) is 15.7 Å². The molecule has 7 nitrogen and oxygen atoms in total. The highest BCUT2D eigenvalue weighted by Crippen LogP contribution is 2.36. The second-order valence-electron chi connectivity index (χ2n) is 7.21. The van der Waals surface area contributed by atoms with Crippen LogP contribution in [0.25, 0.3) is 21.8 Å². The Bertz CT molecular complexity index is 1250. The zero-order valence-electron chi connectivity index (χ0n) is 18.8. The predicted octanol–water partition coefficient (Wildman–Crippen LogP) is 6.05. The molecule has 0 aliphatic heterocycles. The largest absolute Gasteiger partial charge is 0.462 e. The van der Waals surface area contributed by atoms with Gasteiger partial charge in [0.25, 0.3) is 0 Å². The number of hydrogen-bond donors (Lipinski definition) is 1. The van der Waals surface area contributed by atoms with Crippen LogP contribution >= 0.6 is 34.4 Å². The van der Waals surface area contributed by atoms with Crippen LogP contribution in [0.1, 0.15) is 30.6 Å². The molecule has 1 N–H and O–H groups in total. The molecule has 0 fully saturated rings. The summed E-state index contributed by atoms with van der Waals surface area (Å²) in [6.45, 7) is 4.88. The zero-order chi connectivity index (χ0) is 23.9. The summed E-state index contributed by atoms with van der Waals surface area (Å²) in [5.41, 5.74) is 2.02. The molecule has 0 atom stereocenters. The topological polar surface area (TPSA) is 86.1 Å². The lowest BCUT2D eigenvalue weighted by atomic mass is 10.0. The number of thiophene rings is 2. The SMILES string of the molecule is CCCn1c(SCC(=O)Nc2scc(-c3ccccc3)c2C(=O)OCC)nnc1-c1cccs1. The lowest BCUT2D eigenvalue weighted by molar-refractivity contribution is -0.113. The van der Waals surface area contributed by atoms with Crippen molar-refractivity contribution in [3.8, 4) is 21.8 Å². The molecule has 0 radical (unpaired) electrons. The van der Waals surface area contributed by atoms with E-state index in [1.54, 1.807) is 18.3 Å². The molecule has 0 spiro atoms. The normalized spacial score (nSPS) is 10.9. The van der Waals surface area contributed by atoms with Crippen LogP contribution in [0, 0.1) is 0 Å². The Labute approximate surface area is 210 Å². The summed E-state index contributed by atoms with van der Waals surface area (Å²) in [4.78, 5) is 26.6. The number of aromatic nitrogens is 3. The fraction of sp³-hybridized carbons (Fsp3) is 0.250. The maximum Gasteiger partial charge on any atom is 0.341 e. The maximum absolute atomic E-state index is 12.8. The average Bonchev–Trinajstić information content (AvgIpc) is 3.59. The minimum atomic E-state index is -0.450. The standard InChI is InChI=1S/C24H24N4O3S3/c1-3-12-28-21(18-11-8-13-32-18)26-27-24(28)34-15-19(29)25-22-20(23(30)31-4-2)17(14-33-22)16-9-6-5-7-10-16/h5-11,13-14H,3-4,12,15H2,1-2H3,(H,25,29). The number of rotatable bonds is 10. The van der Waals surface area contributed by atoms with Crippen molar-refractivity contribution in [3.05, 3.63) is 58.8 Å². The van der Waals surface area contributed by atoms with E-state index in [2.05, 4.69) is 22.4 Å². The molecule has 0 saturated carbocycles. The van der Waals surface area contributed by atoms with Gasteiger partial charge in [0, 0.05) is 17.5 Å². The van der Waals surface area contributed by atoms with Crippen LogP contribution in [0.5, 0.6) is 0 Å². The third-order valence-corrected chi connectivity index (χ3v) is 7.57. The molecule has 3 heterocycles. The molecule has 0 aliphatic rings. The van der Waals surface area contributed by atoms with E-state index in [1.807, 2.05) is 57.8 Å². The monoisotopic (exact) mass is 512 g/mol. The van der Waals surface area contributed by atoms with Gasteiger partial charge in [0.2, 0.25) is 5.91 Å². The highest BCUT2D eigenvalue weighted by molar-refractivity contribution is 7.99. The van der Waals surface area contributed by atoms with Crippen molar-refractivity contribution in [2.45, 2.75) is 32.0 Å². The Morgan fingerprint density at radius 1 is 1.09 bits per heavy atom. The summed E-state index contributed by atoms with van der Waals surface area (Å²) in [6, 6.07) is 13.6. The number of benzene rings is 1. The van der Waals surface area contributed by atoms with Crippen LogP contribution in [0.2, 0.25) is 0 Å². The summed E-state index contributed by atoms with van der Waals surface area (Å²) in [5, 5.41) is 16.6. The quantitative estimate of drug-likeness (QED) is 0.206. The summed E-state index contributed by atoms with van der Waals surface area (Å²) in [5.74, 6) is 0.289. The Morgan fingerprint density at radius 2 is 1.91 bits per heavy atom. The summed E-state index contributed by atoms with van der Waals surface area (Å²) >= 11 is 4.26. The molecule has 176 valence electrons. The van der Waals surface area contributed by atoms with E-state index in [9.17, 15) is 9.59 Å². The number of thioether (sulfide) groups is 1. The highest BCUT2D eigenvalue weighted by atomic mass is 32.2. The van der Waals surface area contributed by atoms with Gasteiger partial charge in [-0.2, -0.15) is 0 Å². The first-order chi connectivity index (χ1) is 16.6. The second-order valence-corrected chi connectivity index (χ2v) is 9.98. The number of ether oxygens (including phenoxy) is 1. The van der Waals surface area contributed by atoms with Crippen LogP contribution in [-0.2, 0) is 16.1 Å². The lowest BCUT2D eigenvalue weighted by Gasteiger charge is -2.09. The first-order valence-corrected chi connectivity index (χ1v) is 13.6. The minimum absolute atomic E-state index is 0.146. The number of amides is 1. The molecular weight excluding hydrogens is 488 g/mol. The van der Waals surface area contributed by atoms with Gasteiger partial charge < -0.3 is 14.6 Å². The Kier molecular flexibility index (Phi) is 8.15. The van der Waals surface area contributed by atoms with Crippen molar-refractivity contribution in [2.24, 2.45) is 0 Å². The third-order valence-electron chi connectivity index (χ3n) is 4.85. The van der Waals surface area contributed by atoms with Crippen LogP contribution in [-0.4, -0.2) is 39.0 Å². The molecule has 0 saturated heterocycles. The molecule has 1 amide bonds. The van der Waals surface area contributed by atoms with Crippen LogP contribution in [0.3, 0.4) is 0 Å². The predicted molar refractivity (Wildman–Crippen MR) is 139 cm³/mol. The van der Waals surface area contributed by atoms with Gasteiger partial charge in [-0.3, -0.25) is 4.79 Å². The van der Waals surface area contributed by atoms with Gasteiger partial charge in [0.05, 0.1) is 17.2 Å². The Hall–Kier alpha value is -2.95. The Balaban J connectivity index is 1.51. The van der Waals surface area contributed by atoms with E-state index in [-0.39, 0.29) is 18.3 Å². The van der Waals surface area contributed by atoms with Crippen LogP contribution in [0.4, 0.5) is 5.00 Å². The number of nitrogens with one attached hydrogen (secondary N) is 1. The van der Waals surface area contributed by atoms with Gasteiger partial charge in [0.1, 0.15) is 10.6 Å². The molecule has 1 aromatic carbocycles. The van der Waals surface area contributed by atoms with Crippen molar-refractivity contribution in [1.29, 1.82) is 0 Å². The molecular formula is C24H24N4O3S3. The summed E-state index contributed by atoms with van der Waals surface area (Å²) < 4.78 is 7.32. The average molecular weight is 513 g/mol. The molecule has 0 bridgehead atoms. The number of nitrogens with zero attached hydrogens (tertiary/aromatic N) is 3. The minimum Gasteiger partial charge on any atom is -0.462 e. The van der Waals surface area contributed by atoms with Crippen molar-refractivity contribution >= 4 is 51.3 Å². The fourth-order valence-electron chi connectivity index (χ4n) is 3.39. The molecule has 10 heteroatoms. The number of esters is 1. The zero-order valence-corrected chi connectivity index (χ0v) is 21.3. The smallest absolute Gasteiger partial charge is 0.341 e. The molecule has 0 unspecified atom stereocenters. The van der Waals surface area contributed by atoms with Gasteiger partial charge >= 0.3 is 5.97 Å². The lowest BCUT2D eigenvalue weighted by Crippen LogP contribution is -2.17. The van der Waals surface area contributed by atoms with Gasteiger partial charge in [-0.05, 0) is 30.4 Å². The number of carbonyl (C=O) groups excluding carboxylic acids is 2. The van der Waals surface area contributed by atoms with Gasteiger partial charge in [0.15, 0.2) is 11.0 Å². The highest BCUT2D eigenvalue weighted by Gasteiger charge is 2.23. The molecule has 34 heavy (non-hydrogen) atoms. The maximum atomic E-state index is 12.8. The third kappa shape index (κ3) is 5.40.